The molecule has 1 heterocycles. The number of rotatable bonds is 7. The Kier molecular flexibility index (Phi) is 6.06. The lowest BCUT2D eigenvalue weighted by atomic mass is 10.1. The van der Waals surface area contributed by atoms with Gasteiger partial charge in [0, 0.05) is 28.9 Å². The van der Waals surface area contributed by atoms with E-state index in [9.17, 15) is 4.79 Å². The molecule has 0 aliphatic carbocycles. The van der Waals surface area contributed by atoms with Crippen LogP contribution in [0.4, 0.5) is 5.69 Å². The van der Waals surface area contributed by atoms with E-state index in [2.05, 4.69) is 15.5 Å². The highest BCUT2D eigenvalue weighted by atomic mass is 16.5. The molecule has 0 atom stereocenters. The zero-order valence-electron chi connectivity index (χ0n) is 15.9. The number of aromatic nitrogens is 2. The first-order valence-corrected chi connectivity index (χ1v) is 8.74. The van der Waals surface area contributed by atoms with Gasteiger partial charge in [-0.25, -0.2) is 0 Å². The minimum absolute atomic E-state index is 0.271. The monoisotopic (exact) mass is 379 g/mol. The summed E-state index contributed by atoms with van der Waals surface area (Å²) in [6.07, 6.45) is 0. The van der Waals surface area contributed by atoms with Crippen LogP contribution in [-0.4, -0.2) is 36.9 Å². The Balaban J connectivity index is 1.80. The van der Waals surface area contributed by atoms with Crippen molar-refractivity contribution in [2.24, 2.45) is 0 Å². The van der Waals surface area contributed by atoms with Gasteiger partial charge in [0.25, 0.3) is 5.91 Å². The fourth-order valence-electron chi connectivity index (χ4n) is 2.60. The summed E-state index contributed by atoms with van der Waals surface area (Å²) in [7, 11) is 3.08. The van der Waals surface area contributed by atoms with Crippen LogP contribution < -0.4 is 19.5 Å². The molecule has 0 fully saturated rings. The highest BCUT2D eigenvalue weighted by Crippen LogP contribution is 2.25. The quantitative estimate of drug-likeness (QED) is 0.672. The molecule has 144 valence electrons. The third-order valence-corrected chi connectivity index (χ3v) is 3.96. The van der Waals surface area contributed by atoms with Crippen LogP contribution in [0.3, 0.4) is 0 Å². The molecule has 28 heavy (non-hydrogen) atoms. The van der Waals surface area contributed by atoms with Crippen molar-refractivity contribution >= 4 is 11.6 Å². The third kappa shape index (κ3) is 4.56. The van der Waals surface area contributed by atoms with Gasteiger partial charge in [-0.1, -0.05) is 12.1 Å². The number of nitrogens with one attached hydrogen (secondary N) is 1. The Morgan fingerprint density at radius 1 is 0.964 bits per heavy atom. The Morgan fingerprint density at radius 3 is 2.32 bits per heavy atom. The van der Waals surface area contributed by atoms with Crippen LogP contribution in [0.25, 0.3) is 11.3 Å². The van der Waals surface area contributed by atoms with Crippen molar-refractivity contribution in [1.82, 2.24) is 10.2 Å². The molecule has 3 aromatic rings. The molecule has 0 aliphatic heterocycles. The number of carbonyl (C=O) groups excluding carboxylic acids is 1. The Hall–Kier alpha value is -3.61. The number of nitrogens with zero attached hydrogens (tertiary/aromatic N) is 2. The second-order valence-corrected chi connectivity index (χ2v) is 5.83. The summed E-state index contributed by atoms with van der Waals surface area (Å²) in [6, 6.07) is 16.0. The summed E-state index contributed by atoms with van der Waals surface area (Å²) < 4.78 is 15.7. The molecule has 3 rings (SSSR count). The second kappa shape index (κ2) is 8.85. The number of carbonyl (C=O) groups is 1. The van der Waals surface area contributed by atoms with Crippen LogP contribution >= 0.6 is 0 Å². The lowest BCUT2D eigenvalue weighted by Gasteiger charge is -2.10. The van der Waals surface area contributed by atoms with Crippen molar-refractivity contribution < 1.29 is 19.0 Å². The number of benzene rings is 2. The Morgan fingerprint density at radius 2 is 1.71 bits per heavy atom. The minimum Gasteiger partial charge on any atom is -0.497 e. The number of anilines is 1. The molecule has 0 unspecified atom stereocenters. The van der Waals surface area contributed by atoms with Crippen LogP contribution in [0.5, 0.6) is 17.4 Å². The van der Waals surface area contributed by atoms with Crippen molar-refractivity contribution in [3.05, 3.63) is 60.2 Å². The highest BCUT2D eigenvalue weighted by Gasteiger charge is 2.11. The first-order valence-electron chi connectivity index (χ1n) is 8.74. The second-order valence-electron chi connectivity index (χ2n) is 5.83. The fraction of sp³-hybridized carbons (Fsp3) is 0.190. The van der Waals surface area contributed by atoms with Crippen LogP contribution in [0.1, 0.15) is 17.3 Å². The van der Waals surface area contributed by atoms with E-state index in [4.69, 9.17) is 14.2 Å². The lowest BCUT2D eigenvalue weighted by Crippen LogP contribution is -2.12. The maximum atomic E-state index is 12.6. The number of ether oxygens (including phenoxy) is 3. The zero-order chi connectivity index (χ0) is 19.9. The van der Waals surface area contributed by atoms with Gasteiger partial charge in [0.2, 0.25) is 5.88 Å². The van der Waals surface area contributed by atoms with E-state index in [1.165, 1.54) is 14.2 Å². The topological polar surface area (TPSA) is 82.6 Å². The van der Waals surface area contributed by atoms with Crippen molar-refractivity contribution in [1.29, 1.82) is 0 Å². The van der Waals surface area contributed by atoms with E-state index in [1.807, 2.05) is 31.2 Å². The lowest BCUT2D eigenvalue weighted by molar-refractivity contribution is 0.102. The van der Waals surface area contributed by atoms with Gasteiger partial charge in [-0.3, -0.25) is 4.79 Å². The van der Waals surface area contributed by atoms with Gasteiger partial charge in [-0.15, -0.1) is 10.2 Å². The molecule has 7 heteroatoms. The van der Waals surface area contributed by atoms with E-state index >= 15 is 0 Å². The van der Waals surface area contributed by atoms with Crippen LogP contribution in [0, 0.1) is 0 Å². The van der Waals surface area contributed by atoms with Crippen LogP contribution in [0.15, 0.2) is 54.6 Å². The van der Waals surface area contributed by atoms with Gasteiger partial charge in [0.05, 0.1) is 26.5 Å². The zero-order valence-corrected chi connectivity index (χ0v) is 15.9. The van der Waals surface area contributed by atoms with E-state index in [1.54, 1.807) is 30.3 Å². The SMILES string of the molecule is CCOc1ccc(-c2cccc(NC(=O)c3cc(OC)cc(OC)c3)c2)nn1. The number of amides is 1. The molecule has 0 saturated heterocycles. The van der Waals surface area contributed by atoms with Gasteiger partial charge in [0.15, 0.2) is 0 Å². The average Bonchev–Trinajstić information content (AvgIpc) is 2.74. The maximum absolute atomic E-state index is 12.6. The number of hydrogen-bond donors (Lipinski definition) is 1. The Labute approximate surface area is 163 Å². The summed E-state index contributed by atoms with van der Waals surface area (Å²) in [4.78, 5) is 12.6. The van der Waals surface area contributed by atoms with Gasteiger partial charge < -0.3 is 19.5 Å². The number of hydrogen-bond acceptors (Lipinski definition) is 6. The summed E-state index contributed by atoms with van der Waals surface area (Å²) >= 11 is 0. The molecule has 0 spiro atoms. The molecule has 1 aromatic heterocycles. The van der Waals surface area contributed by atoms with E-state index in [-0.39, 0.29) is 5.91 Å². The molecule has 1 amide bonds. The predicted molar refractivity (Wildman–Crippen MR) is 106 cm³/mol. The van der Waals surface area contributed by atoms with Gasteiger partial charge in [-0.2, -0.15) is 0 Å². The molecule has 0 bridgehead atoms. The summed E-state index contributed by atoms with van der Waals surface area (Å²) in [5, 5.41) is 11.1. The molecule has 0 radical (unpaired) electrons. The van der Waals surface area contributed by atoms with Gasteiger partial charge >= 0.3 is 0 Å². The van der Waals surface area contributed by atoms with E-state index in [0.717, 1.165) is 5.56 Å². The van der Waals surface area contributed by atoms with Crippen LogP contribution in [-0.2, 0) is 0 Å². The van der Waals surface area contributed by atoms with Crippen molar-refractivity contribution in [2.45, 2.75) is 6.92 Å². The summed E-state index contributed by atoms with van der Waals surface area (Å²) in [5.41, 5.74) is 2.58. The Bertz CT molecular complexity index is 936. The normalized spacial score (nSPS) is 10.2. The summed E-state index contributed by atoms with van der Waals surface area (Å²) in [5.74, 6) is 1.29. The first-order chi connectivity index (χ1) is 13.6. The molecule has 0 aliphatic rings. The summed E-state index contributed by atoms with van der Waals surface area (Å²) in [6.45, 7) is 2.42. The predicted octanol–water partition coefficient (Wildman–Crippen LogP) is 3.81. The smallest absolute Gasteiger partial charge is 0.255 e. The van der Waals surface area contributed by atoms with Gasteiger partial charge in [0.1, 0.15) is 11.5 Å². The highest BCUT2D eigenvalue weighted by molar-refractivity contribution is 6.05. The molecular formula is C21H21N3O4. The van der Waals surface area contributed by atoms with Gasteiger partial charge in [-0.05, 0) is 37.3 Å². The van der Waals surface area contributed by atoms with Crippen molar-refractivity contribution in [2.75, 3.05) is 26.1 Å². The average molecular weight is 379 g/mol. The van der Waals surface area contributed by atoms with Crippen molar-refractivity contribution in [3.63, 3.8) is 0 Å². The van der Waals surface area contributed by atoms with E-state index in [0.29, 0.717) is 40.9 Å². The molecule has 7 nitrogen and oxygen atoms in total. The fourth-order valence-corrected chi connectivity index (χ4v) is 2.60. The molecular weight excluding hydrogens is 358 g/mol. The number of methoxy groups -OCH3 is 2. The van der Waals surface area contributed by atoms with Crippen molar-refractivity contribution in [3.8, 4) is 28.6 Å². The standard InChI is InChI=1S/C21H21N3O4/c1-4-28-20-9-8-19(23-24-20)14-6-5-7-16(10-14)22-21(25)15-11-17(26-2)13-18(12-15)27-3/h5-13H,4H2,1-3H3,(H,22,25). The third-order valence-electron chi connectivity index (χ3n) is 3.96. The molecule has 1 N–H and O–H groups in total. The largest absolute Gasteiger partial charge is 0.497 e. The maximum Gasteiger partial charge on any atom is 0.255 e. The minimum atomic E-state index is -0.271. The van der Waals surface area contributed by atoms with Crippen LogP contribution in [0.2, 0.25) is 0 Å². The molecule has 2 aromatic carbocycles. The van der Waals surface area contributed by atoms with E-state index < -0.39 is 0 Å². The first kappa shape index (κ1) is 19.2. The molecule has 0 saturated carbocycles.